The van der Waals surface area contributed by atoms with E-state index < -0.39 is 0 Å². The van der Waals surface area contributed by atoms with E-state index in [9.17, 15) is 0 Å². The van der Waals surface area contributed by atoms with Gasteiger partial charge in [-0.05, 0) is 48.3 Å². The number of rotatable bonds is 1. The fourth-order valence-corrected chi connectivity index (χ4v) is 5.15. The van der Waals surface area contributed by atoms with Crippen LogP contribution in [0.5, 0.6) is 0 Å². The summed E-state index contributed by atoms with van der Waals surface area (Å²) in [4.78, 5) is 0. The zero-order valence-corrected chi connectivity index (χ0v) is 11.6. The first kappa shape index (κ1) is 11.2. The number of allylic oxidation sites excluding steroid dienone is 4. The third-order valence-corrected chi connectivity index (χ3v) is 5.41. The molecule has 2 rings (SSSR count). The van der Waals surface area contributed by atoms with Crippen LogP contribution in [0.3, 0.4) is 0 Å². The maximum Gasteiger partial charge on any atom is 0.0514 e. The molecule has 0 nitrogen and oxygen atoms in total. The van der Waals surface area contributed by atoms with E-state index in [1.807, 2.05) is 0 Å². The molecule has 0 unspecified atom stereocenters. The lowest BCUT2D eigenvalue weighted by molar-refractivity contribution is 0.320. The van der Waals surface area contributed by atoms with Gasteiger partial charge in [-0.2, -0.15) is 0 Å². The first-order valence-electron chi connectivity index (χ1n) is 6.00. The lowest BCUT2D eigenvalue weighted by Crippen LogP contribution is -2.36. The Kier molecular flexibility index (Phi) is 2.70. The molecule has 2 aliphatic rings. The Labute approximate surface area is 96.7 Å². The zero-order chi connectivity index (χ0) is 11.2. The molecule has 1 aliphatic carbocycles. The minimum atomic E-state index is 0.498. The van der Waals surface area contributed by atoms with Crippen molar-refractivity contribution in [2.45, 2.75) is 52.1 Å². The van der Waals surface area contributed by atoms with Crippen molar-refractivity contribution in [2.24, 2.45) is 11.3 Å². The predicted octanol–water partition coefficient (Wildman–Crippen LogP) is 4.24. The standard InChI is InChI=1S/C14H22Si/c1-9(2)10-6-7-11-13(10)12(15-11)8-14(3,4)5/h6-7,11-13H,8H2,1-5H3/t11-,12-,13+/m1/s1. The topological polar surface area (TPSA) is 0 Å². The molecular weight excluding hydrogens is 196 g/mol. The molecule has 1 heterocycles. The van der Waals surface area contributed by atoms with Gasteiger partial charge in [-0.25, -0.2) is 0 Å². The first-order chi connectivity index (χ1) is 6.88. The van der Waals surface area contributed by atoms with E-state index in [-0.39, 0.29) is 0 Å². The van der Waals surface area contributed by atoms with Gasteiger partial charge in [-0.3, -0.25) is 0 Å². The first-order valence-corrected chi connectivity index (χ1v) is 7.15. The molecule has 0 bridgehead atoms. The molecular formula is C14H22Si. The van der Waals surface area contributed by atoms with Gasteiger partial charge in [-0.1, -0.05) is 38.5 Å². The average molecular weight is 218 g/mol. The van der Waals surface area contributed by atoms with Crippen molar-refractivity contribution in [3.8, 4) is 0 Å². The molecule has 1 heteroatoms. The molecule has 0 aromatic carbocycles. The molecule has 0 N–H and O–H groups in total. The van der Waals surface area contributed by atoms with Crippen LogP contribution in [-0.2, 0) is 0 Å². The van der Waals surface area contributed by atoms with Gasteiger partial charge >= 0.3 is 0 Å². The summed E-state index contributed by atoms with van der Waals surface area (Å²) >= 11 is 0. The maximum absolute atomic E-state index is 2.45. The highest BCUT2D eigenvalue weighted by Gasteiger charge is 2.45. The molecule has 0 amide bonds. The fraction of sp³-hybridized carbons (Fsp3) is 0.714. The highest BCUT2D eigenvalue weighted by Crippen LogP contribution is 2.56. The average Bonchev–Trinajstić information content (AvgIpc) is 2.37. The molecule has 0 aromatic heterocycles. The van der Waals surface area contributed by atoms with Crippen molar-refractivity contribution < 1.29 is 0 Å². The fourth-order valence-electron chi connectivity index (χ4n) is 2.84. The highest BCUT2D eigenvalue weighted by molar-refractivity contribution is 6.45. The Balaban J connectivity index is 2.08. The minimum Gasteiger partial charge on any atom is -0.0837 e. The van der Waals surface area contributed by atoms with Crippen molar-refractivity contribution in [3.05, 3.63) is 23.3 Å². The number of hydrogen-bond donors (Lipinski definition) is 0. The third kappa shape index (κ3) is 2.12. The van der Waals surface area contributed by atoms with E-state index in [1.54, 1.807) is 5.57 Å². The van der Waals surface area contributed by atoms with Gasteiger partial charge in [0, 0.05) is 0 Å². The molecule has 3 atom stereocenters. The highest BCUT2D eigenvalue weighted by atomic mass is 28.2. The monoisotopic (exact) mass is 218 g/mol. The second-order valence-corrected chi connectivity index (χ2v) is 8.15. The van der Waals surface area contributed by atoms with Crippen LogP contribution in [0.2, 0.25) is 11.1 Å². The summed E-state index contributed by atoms with van der Waals surface area (Å²) in [7, 11) is 1.18. The third-order valence-electron chi connectivity index (χ3n) is 3.48. The van der Waals surface area contributed by atoms with Crippen LogP contribution in [0.25, 0.3) is 0 Å². The van der Waals surface area contributed by atoms with Crippen LogP contribution in [0.1, 0.15) is 41.0 Å². The van der Waals surface area contributed by atoms with Gasteiger partial charge in [0.2, 0.25) is 0 Å². The molecule has 15 heavy (non-hydrogen) atoms. The Morgan fingerprint density at radius 1 is 1.33 bits per heavy atom. The Bertz CT molecular complexity index is 313. The van der Waals surface area contributed by atoms with Crippen molar-refractivity contribution in [3.63, 3.8) is 0 Å². The van der Waals surface area contributed by atoms with Crippen molar-refractivity contribution >= 4 is 9.52 Å². The van der Waals surface area contributed by atoms with E-state index in [4.69, 9.17) is 0 Å². The van der Waals surface area contributed by atoms with E-state index in [0.717, 1.165) is 17.0 Å². The van der Waals surface area contributed by atoms with Crippen LogP contribution < -0.4 is 0 Å². The van der Waals surface area contributed by atoms with Gasteiger partial charge in [0.1, 0.15) is 0 Å². The normalized spacial score (nSPS) is 33.9. The molecule has 1 saturated heterocycles. The second-order valence-electron chi connectivity index (χ2n) is 6.40. The van der Waals surface area contributed by atoms with E-state index in [2.05, 4.69) is 46.8 Å². The van der Waals surface area contributed by atoms with Crippen molar-refractivity contribution in [1.29, 1.82) is 0 Å². The van der Waals surface area contributed by atoms with Gasteiger partial charge < -0.3 is 0 Å². The van der Waals surface area contributed by atoms with Crippen molar-refractivity contribution in [1.82, 2.24) is 0 Å². The Morgan fingerprint density at radius 2 is 2.00 bits per heavy atom. The van der Waals surface area contributed by atoms with Crippen LogP contribution in [0.15, 0.2) is 23.3 Å². The van der Waals surface area contributed by atoms with E-state index in [0.29, 0.717) is 5.41 Å². The lowest BCUT2D eigenvalue weighted by Gasteiger charge is -2.44. The zero-order valence-electron chi connectivity index (χ0n) is 10.6. The van der Waals surface area contributed by atoms with Gasteiger partial charge in [0.15, 0.2) is 0 Å². The van der Waals surface area contributed by atoms with Crippen LogP contribution in [-0.4, -0.2) is 9.52 Å². The van der Waals surface area contributed by atoms with Gasteiger partial charge in [0.05, 0.1) is 9.52 Å². The quantitative estimate of drug-likeness (QED) is 0.578. The summed E-state index contributed by atoms with van der Waals surface area (Å²) in [5.74, 6) is 0.882. The Morgan fingerprint density at radius 3 is 2.53 bits per heavy atom. The molecule has 1 aliphatic heterocycles. The molecule has 2 radical (unpaired) electrons. The smallest absolute Gasteiger partial charge is 0.0514 e. The number of hydrogen-bond acceptors (Lipinski definition) is 0. The second kappa shape index (κ2) is 3.62. The van der Waals surface area contributed by atoms with E-state index in [1.165, 1.54) is 21.5 Å². The summed E-state index contributed by atoms with van der Waals surface area (Å²) in [6.07, 6.45) is 6.23. The van der Waals surface area contributed by atoms with Gasteiger partial charge in [0.25, 0.3) is 0 Å². The lowest BCUT2D eigenvalue weighted by atomic mass is 9.82. The largest absolute Gasteiger partial charge is 0.0837 e. The summed E-state index contributed by atoms with van der Waals surface area (Å²) in [6, 6.07) is 0. The summed E-state index contributed by atoms with van der Waals surface area (Å²) in [5.41, 5.74) is 5.55. The maximum atomic E-state index is 2.45. The molecule has 0 spiro atoms. The summed E-state index contributed by atoms with van der Waals surface area (Å²) in [6.45, 7) is 11.6. The molecule has 0 aromatic rings. The summed E-state index contributed by atoms with van der Waals surface area (Å²) in [5, 5.41) is 0. The van der Waals surface area contributed by atoms with E-state index >= 15 is 0 Å². The summed E-state index contributed by atoms with van der Waals surface area (Å²) < 4.78 is 0. The van der Waals surface area contributed by atoms with Crippen LogP contribution in [0.4, 0.5) is 0 Å². The molecule has 82 valence electrons. The van der Waals surface area contributed by atoms with Gasteiger partial charge in [-0.15, -0.1) is 0 Å². The van der Waals surface area contributed by atoms with Crippen molar-refractivity contribution in [2.75, 3.05) is 0 Å². The van der Waals surface area contributed by atoms with Crippen LogP contribution >= 0.6 is 0 Å². The molecule has 1 fully saturated rings. The minimum absolute atomic E-state index is 0.498. The Hall–Kier alpha value is -0.303. The number of fused-ring (bicyclic) bond motifs is 1. The molecule has 0 saturated carbocycles. The van der Waals surface area contributed by atoms with Crippen LogP contribution in [0, 0.1) is 11.3 Å². The predicted molar refractivity (Wildman–Crippen MR) is 68.3 cm³/mol. The SMILES string of the molecule is CC(C)=C1C=C[C@H]2[Si][C@H](CC(C)(C)C)[C@@H]12.